The zero-order chi connectivity index (χ0) is 16.0. The third-order valence-electron chi connectivity index (χ3n) is 3.58. The molecule has 0 saturated carbocycles. The van der Waals surface area contributed by atoms with Crippen LogP contribution in [-0.2, 0) is 19.5 Å². The molecule has 2 atom stereocenters. The minimum atomic E-state index is -3.41. The van der Waals surface area contributed by atoms with Crippen LogP contribution in [0.3, 0.4) is 0 Å². The standard InChI is InChI=1S/C15H23NO5S/c1-12-3-5-13(6-4-12)21-9-10-22(17,18)16-14-7-8-20-11-15(14)19-2/h3-6,14-16H,7-11H2,1-2H3/t14-,15-/m0/s1. The van der Waals surface area contributed by atoms with Crippen molar-refractivity contribution in [1.82, 2.24) is 4.72 Å². The van der Waals surface area contributed by atoms with Crippen molar-refractivity contribution in [3.05, 3.63) is 29.8 Å². The molecule has 0 bridgehead atoms. The van der Waals surface area contributed by atoms with Gasteiger partial charge in [-0.2, -0.15) is 0 Å². The quantitative estimate of drug-likeness (QED) is 0.811. The van der Waals surface area contributed by atoms with E-state index in [4.69, 9.17) is 14.2 Å². The summed E-state index contributed by atoms with van der Waals surface area (Å²) in [4.78, 5) is 0. The van der Waals surface area contributed by atoms with Crippen molar-refractivity contribution < 1.29 is 22.6 Å². The monoisotopic (exact) mass is 329 g/mol. The first-order valence-corrected chi connectivity index (χ1v) is 8.95. The zero-order valence-corrected chi connectivity index (χ0v) is 13.8. The smallest absolute Gasteiger partial charge is 0.215 e. The Morgan fingerprint density at radius 3 is 2.73 bits per heavy atom. The van der Waals surface area contributed by atoms with Gasteiger partial charge in [-0.05, 0) is 25.5 Å². The number of hydrogen-bond donors (Lipinski definition) is 1. The summed E-state index contributed by atoms with van der Waals surface area (Å²) in [7, 11) is -1.86. The number of nitrogens with one attached hydrogen (secondary N) is 1. The van der Waals surface area contributed by atoms with E-state index in [-0.39, 0.29) is 24.5 Å². The Balaban J connectivity index is 1.81. The van der Waals surface area contributed by atoms with Crippen molar-refractivity contribution >= 4 is 10.0 Å². The highest BCUT2D eigenvalue weighted by Gasteiger charge is 2.29. The molecule has 0 amide bonds. The lowest BCUT2D eigenvalue weighted by atomic mass is 10.1. The van der Waals surface area contributed by atoms with Gasteiger partial charge in [-0.3, -0.25) is 0 Å². The molecule has 1 aromatic carbocycles. The average Bonchev–Trinajstić information content (AvgIpc) is 2.49. The predicted octanol–water partition coefficient (Wildman–Crippen LogP) is 1.10. The third-order valence-corrected chi connectivity index (χ3v) is 4.95. The number of hydrogen-bond acceptors (Lipinski definition) is 5. The van der Waals surface area contributed by atoms with E-state index in [0.29, 0.717) is 25.4 Å². The zero-order valence-electron chi connectivity index (χ0n) is 12.9. The van der Waals surface area contributed by atoms with Gasteiger partial charge in [0.2, 0.25) is 10.0 Å². The van der Waals surface area contributed by atoms with Crippen LogP contribution in [0.15, 0.2) is 24.3 Å². The first-order chi connectivity index (χ1) is 10.5. The van der Waals surface area contributed by atoms with Gasteiger partial charge in [-0.25, -0.2) is 13.1 Å². The second kappa shape index (κ2) is 7.92. The first-order valence-electron chi connectivity index (χ1n) is 7.30. The highest BCUT2D eigenvalue weighted by Crippen LogP contribution is 2.13. The van der Waals surface area contributed by atoms with E-state index in [1.54, 1.807) is 7.11 Å². The summed E-state index contributed by atoms with van der Waals surface area (Å²) in [5.74, 6) is 0.580. The maximum Gasteiger partial charge on any atom is 0.215 e. The fourth-order valence-corrected chi connectivity index (χ4v) is 3.42. The largest absolute Gasteiger partial charge is 0.492 e. The van der Waals surface area contributed by atoms with Gasteiger partial charge in [0.15, 0.2) is 0 Å². The third kappa shape index (κ3) is 5.24. The molecule has 0 radical (unpaired) electrons. The number of rotatable bonds is 7. The molecule has 2 rings (SSSR count). The Hall–Kier alpha value is -1.15. The summed E-state index contributed by atoms with van der Waals surface area (Å²) in [5.41, 5.74) is 1.13. The predicted molar refractivity (Wildman–Crippen MR) is 83.6 cm³/mol. The molecule has 6 nitrogen and oxygen atoms in total. The van der Waals surface area contributed by atoms with Gasteiger partial charge < -0.3 is 14.2 Å². The molecule has 1 aliphatic heterocycles. The topological polar surface area (TPSA) is 73.9 Å². The fraction of sp³-hybridized carbons (Fsp3) is 0.600. The molecule has 0 aliphatic carbocycles. The summed E-state index contributed by atoms with van der Waals surface area (Å²) >= 11 is 0. The van der Waals surface area contributed by atoms with E-state index in [0.717, 1.165) is 5.56 Å². The summed E-state index contributed by atoms with van der Waals surface area (Å²) in [6.07, 6.45) is 0.359. The van der Waals surface area contributed by atoms with Crippen molar-refractivity contribution in [3.63, 3.8) is 0 Å². The Labute approximate surface area is 131 Å². The molecule has 22 heavy (non-hydrogen) atoms. The van der Waals surface area contributed by atoms with Crippen molar-refractivity contribution in [3.8, 4) is 5.75 Å². The van der Waals surface area contributed by atoms with Crippen LogP contribution in [0.2, 0.25) is 0 Å². The van der Waals surface area contributed by atoms with Crippen molar-refractivity contribution in [2.45, 2.75) is 25.5 Å². The number of benzene rings is 1. The average molecular weight is 329 g/mol. The molecular weight excluding hydrogens is 306 g/mol. The molecule has 0 aromatic heterocycles. The van der Waals surface area contributed by atoms with Crippen LogP contribution in [0.5, 0.6) is 5.75 Å². The lowest BCUT2D eigenvalue weighted by Crippen LogP contribution is -2.50. The molecule has 1 heterocycles. The lowest BCUT2D eigenvalue weighted by Gasteiger charge is -2.30. The normalized spacial score (nSPS) is 22.5. The molecule has 1 N–H and O–H groups in total. The van der Waals surface area contributed by atoms with Crippen LogP contribution < -0.4 is 9.46 Å². The second-order valence-electron chi connectivity index (χ2n) is 5.34. The maximum atomic E-state index is 12.1. The van der Waals surface area contributed by atoms with Crippen molar-refractivity contribution in [2.75, 3.05) is 32.7 Å². The highest BCUT2D eigenvalue weighted by molar-refractivity contribution is 7.89. The van der Waals surface area contributed by atoms with Gasteiger partial charge in [-0.1, -0.05) is 17.7 Å². The Morgan fingerprint density at radius 1 is 1.32 bits per heavy atom. The molecule has 1 saturated heterocycles. The van der Waals surface area contributed by atoms with E-state index >= 15 is 0 Å². The second-order valence-corrected chi connectivity index (χ2v) is 7.22. The van der Waals surface area contributed by atoms with Crippen molar-refractivity contribution in [1.29, 1.82) is 0 Å². The molecular formula is C15H23NO5S. The molecule has 7 heteroatoms. The SMILES string of the molecule is CO[C@H]1COCC[C@@H]1NS(=O)(=O)CCOc1ccc(C)cc1. The van der Waals surface area contributed by atoms with Gasteiger partial charge in [0.1, 0.15) is 12.4 Å². The number of ether oxygens (including phenoxy) is 3. The fourth-order valence-electron chi connectivity index (χ4n) is 2.27. The van der Waals surface area contributed by atoms with Crippen LogP contribution in [0.1, 0.15) is 12.0 Å². The number of methoxy groups -OCH3 is 1. The van der Waals surface area contributed by atoms with Gasteiger partial charge in [0.05, 0.1) is 24.5 Å². The van der Waals surface area contributed by atoms with Gasteiger partial charge in [0.25, 0.3) is 0 Å². The van der Waals surface area contributed by atoms with Crippen molar-refractivity contribution in [2.24, 2.45) is 0 Å². The van der Waals surface area contributed by atoms with E-state index in [1.807, 2.05) is 31.2 Å². The van der Waals surface area contributed by atoms with Gasteiger partial charge >= 0.3 is 0 Å². The molecule has 1 aromatic rings. The van der Waals surface area contributed by atoms with Crippen LogP contribution >= 0.6 is 0 Å². The summed E-state index contributed by atoms with van der Waals surface area (Å²) in [6.45, 7) is 3.04. The summed E-state index contributed by atoms with van der Waals surface area (Å²) < 4.78 is 42.9. The number of sulfonamides is 1. The Morgan fingerprint density at radius 2 is 2.05 bits per heavy atom. The molecule has 1 aliphatic rings. The number of aryl methyl sites for hydroxylation is 1. The molecule has 0 spiro atoms. The van der Waals surface area contributed by atoms with Crippen LogP contribution in [-0.4, -0.2) is 53.2 Å². The lowest BCUT2D eigenvalue weighted by molar-refractivity contribution is -0.0448. The van der Waals surface area contributed by atoms with Crippen LogP contribution in [0, 0.1) is 6.92 Å². The summed E-state index contributed by atoms with van der Waals surface area (Å²) in [6, 6.07) is 7.26. The first kappa shape index (κ1) is 17.2. The minimum Gasteiger partial charge on any atom is -0.492 e. The van der Waals surface area contributed by atoms with E-state index in [2.05, 4.69) is 4.72 Å². The highest BCUT2D eigenvalue weighted by atomic mass is 32.2. The van der Waals surface area contributed by atoms with Crippen LogP contribution in [0.25, 0.3) is 0 Å². The Bertz CT molecular complexity index is 558. The van der Waals surface area contributed by atoms with E-state index < -0.39 is 10.0 Å². The Kier molecular flexibility index (Phi) is 6.19. The van der Waals surface area contributed by atoms with E-state index in [9.17, 15) is 8.42 Å². The van der Waals surface area contributed by atoms with Crippen LogP contribution in [0.4, 0.5) is 0 Å². The molecule has 0 unspecified atom stereocenters. The summed E-state index contributed by atoms with van der Waals surface area (Å²) in [5, 5.41) is 0. The maximum absolute atomic E-state index is 12.1. The minimum absolute atomic E-state index is 0.0886. The van der Waals surface area contributed by atoms with Gasteiger partial charge in [0, 0.05) is 13.7 Å². The van der Waals surface area contributed by atoms with Gasteiger partial charge in [-0.15, -0.1) is 0 Å². The molecule has 1 fully saturated rings. The van der Waals surface area contributed by atoms with E-state index in [1.165, 1.54) is 0 Å². The molecule has 124 valence electrons.